The summed E-state index contributed by atoms with van der Waals surface area (Å²) in [6, 6.07) is 7.94. The molecule has 1 aromatic heterocycles. The van der Waals surface area contributed by atoms with Gasteiger partial charge >= 0.3 is 0 Å². The van der Waals surface area contributed by atoms with Crippen molar-refractivity contribution in [1.82, 2.24) is 4.90 Å². The van der Waals surface area contributed by atoms with Gasteiger partial charge in [-0.05, 0) is 67.8 Å². The smallest absolute Gasteiger partial charge is 0.264 e. The van der Waals surface area contributed by atoms with Gasteiger partial charge in [0.1, 0.15) is 11.9 Å². The lowest BCUT2D eigenvalue weighted by Gasteiger charge is -2.28. The first-order valence-corrected chi connectivity index (χ1v) is 11.1. The SMILES string of the molecule is O=C1CC(N(CCC2=CCCCC2)C(=O)c2cccs2)C(=O)N1c1ccc(F)cc1. The maximum atomic E-state index is 13.3. The van der Waals surface area contributed by atoms with E-state index in [4.69, 9.17) is 0 Å². The van der Waals surface area contributed by atoms with Crippen LogP contribution in [0.4, 0.5) is 10.1 Å². The number of hydrogen-bond donors (Lipinski definition) is 0. The second kappa shape index (κ2) is 8.92. The van der Waals surface area contributed by atoms with Gasteiger partial charge in [-0.1, -0.05) is 17.7 Å². The number of benzene rings is 1. The van der Waals surface area contributed by atoms with Gasteiger partial charge in [-0.3, -0.25) is 14.4 Å². The number of allylic oxidation sites excluding steroid dienone is 1. The Labute approximate surface area is 178 Å². The maximum absolute atomic E-state index is 13.3. The summed E-state index contributed by atoms with van der Waals surface area (Å²) in [5, 5.41) is 1.82. The Balaban J connectivity index is 1.58. The lowest BCUT2D eigenvalue weighted by atomic mass is 9.97. The van der Waals surface area contributed by atoms with Crippen LogP contribution in [0.25, 0.3) is 0 Å². The fraction of sp³-hybridized carbons (Fsp3) is 0.348. The molecule has 1 aliphatic carbocycles. The molecule has 7 heteroatoms. The quantitative estimate of drug-likeness (QED) is 0.503. The summed E-state index contributed by atoms with van der Waals surface area (Å²) in [5.41, 5.74) is 1.63. The van der Waals surface area contributed by atoms with Crippen molar-refractivity contribution < 1.29 is 18.8 Å². The number of amides is 3. The van der Waals surface area contributed by atoms with E-state index in [-0.39, 0.29) is 18.2 Å². The third kappa shape index (κ3) is 4.21. The Morgan fingerprint density at radius 1 is 1.17 bits per heavy atom. The largest absolute Gasteiger partial charge is 0.325 e. The molecule has 30 heavy (non-hydrogen) atoms. The average molecular weight is 427 g/mol. The van der Waals surface area contributed by atoms with E-state index in [1.54, 1.807) is 17.0 Å². The van der Waals surface area contributed by atoms with Gasteiger partial charge in [0.25, 0.3) is 11.8 Å². The highest BCUT2D eigenvalue weighted by atomic mass is 32.1. The zero-order valence-corrected chi connectivity index (χ0v) is 17.4. The van der Waals surface area contributed by atoms with Crippen molar-refractivity contribution in [2.75, 3.05) is 11.4 Å². The molecule has 0 saturated carbocycles. The van der Waals surface area contributed by atoms with Crippen LogP contribution in [0.15, 0.2) is 53.4 Å². The number of nitrogens with zero attached hydrogens (tertiary/aromatic N) is 2. The number of halogens is 1. The number of rotatable bonds is 6. The number of anilines is 1. The molecule has 2 heterocycles. The molecule has 1 saturated heterocycles. The van der Waals surface area contributed by atoms with Crippen LogP contribution in [-0.2, 0) is 9.59 Å². The number of carbonyl (C=O) groups excluding carboxylic acids is 3. The zero-order chi connectivity index (χ0) is 21.1. The zero-order valence-electron chi connectivity index (χ0n) is 16.6. The summed E-state index contributed by atoms with van der Waals surface area (Å²) in [7, 11) is 0. The lowest BCUT2D eigenvalue weighted by molar-refractivity contribution is -0.122. The van der Waals surface area contributed by atoms with E-state index in [0.717, 1.165) is 24.2 Å². The molecule has 2 aliphatic rings. The lowest BCUT2D eigenvalue weighted by Crippen LogP contribution is -2.46. The molecule has 0 spiro atoms. The van der Waals surface area contributed by atoms with Gasteiger partial charge in [0.2, 0.25) is 5.91 Å². The van der Waals surface area contributed by atoms with Crippen molar-refractivity contribution >= 4 is 34.7 Å². The molecule has 1 aromatic carbocycles. The Bertz CT molecular complexity index is 969. The fourth-order valence-corrected chi connectivity index (χ4v) is 4.74. The first-order chi connectivity index (χ1) is 14.5. The van der Waals surface area contributed by atoms with Crippen LogP contribution >= 0.6 is 11.3 Å². The predicted octanol–water partition coefficient (Wildman–Crippen LogP) is 4.55. The van der Waals surface area contributed by atoms with Crippen LogP contribution in [0, 0.1) is 5.82 Å². The van der Waals surface area contributed by atoms with E-state index in [0.29, 0.717) is 23.5 Å². The number of thiophene rings is 1. The van der Waals surface area contributed by atoms with E-state index in [1.807, 2.05) is 5.38 Å². The Morgan fingerprint density at radius 2 is 1.97 bits per heavy atom. The molecule has 0 bridgehead atoms. The molecule has 0 N–H and O–H groups in total. The van der Waals surface area contributed by atoms with Crippen LogP contribution in [0.2, 0.25) is 0 Å². The van der Waals surface area contributed by atoms with Crippen LogP contribution in [0.5, 0.6) is 0 Å². The highest BCUT2D eigenvalue weighted by Crippen LogP contribution is 2.29. The topological polar surface area (TPSA) is 57.7 Å². The first-order valence-electron chi connectivity index (χ1n) is 10.2. The minimum absolute atomic E-state index is 0.0631. The Kier molecular flexibility index (Phi) is 6.08. The number of imide groups is 1. The Hall–Kier alpha value is -2.80. The minimum atomic E-state index is -0.846. The van der Waals surface area contributed by atoms with Crippen LogP contribution < -0.4 is 4.90 Å². The van der Waals surface area contributed by atoms with E-state index in [2.05, 4.69) is 6.08 Å². The fourth-order valence-electron chi connectivity index (χ4n) is 4.06. The highest BCUT2D eigenvalue weighted by Gasteiger charge is 2.44. The van der Waals surface area contributed by atoms with Crippen molar-refractivity contribution in [3.63, 3.8) is 0 Å². The first kappa shape index (κ1) is 20.5. The summed E-state index contributed by atoms with van der Waals surface area (Å²) in [4.78, 5) is 42.2. The van der Waals surface area contributed by atoms with Gasteiger partial charge in [-0.2, -0.15) is 0 Å². The van der Waals surface area contributed by atoms with E-state index < -0.39 is 17.8 Å². The third-order valence-electron chi connectivity index (χ3n) is 5.64. The summed E-state index contributed by atoms with van der Waals surface area (Å²) < 4.78 is 13.3. The molecule has 156 valence electrons. The van der Waals surface area contributed by atoms with Gasteiger partial charge in [0.15, 0.2) is 0 Å². The predicted molar refractivity (Wildman–Crippen MR) is 114 cm³/mol. The molecule has 2 aromatic rings. The molecule has 1 atom stereocenters. The Morgan fingerprint density at radius 3 is 2.63 bits per heavy atom. The monoisotopic (exact) mass is 426 g/mol. The van der Waals surface area contributed by atoms with Crippen molar-refractivity contribution in [2.24, 2.45) is 0 Å². The van der Waals surface area contributed by atoms with Crippen molar-refractivity contribution in [2.45, 2.75) is 44.6 Å². The average Bonchev–Trinajstić information content (AvgIpc) is 3.39. The second-order valence-corrected chi connectivity index (χ2v) is 8.55. The summed E-state index contributed by atoms with van der Waals surface area (Å²) in [5.74, 6) is -1.48. The second-order valence-electron chi connectivity index (χ2n) is 7.60. The number of carbonyl (C=O) groups is 3. The van der Waals surface area contributed by atoms with Crippen LogP contribution in [-0.4, -0.2) is 35.2 Å². The highest BCUT2D eigenvalue weighted by molar-refractivity contribution is 7.12. The van der Waals surface area contributed by atoms with Gasteiger partial charge in [-0.25, -0.2) is 9.29 Å². The van der Waals surface area contributed by atoms with Gasteiger partial charge in [0.05, 0.1) is 17.0 Å². The van der Waals surface area contributed by atoms with Crippen LogP contribution in [0.1, 0.15) is 48.2 Å². The van der Waals surface area contributed by atoms with E-state index in [9.17, 15) is 18.8 Å². The molecular formula is C23H23FN2O3S. The van der Waals surface area contributed by atoms with E-state index >= 15 is 0 Å². The molecule has 5 nitrogen and oxygen atoms in total. The third-order valence-corrected chi connectivity index (χ3v) is 6.49. The van der Waals surface area contributed by atoms with Crippen molar-refractivity contribution in [1.29, 1.82) is 0 Å². The molecular weight excluding hydrogens is 403 g/mol. The molecule has 1 unspecified atom stereocenters. The van der Waals surface area contributed by atoms with Gasteiger partial charge < -0.3 is 4.90 Å². The molecule has 1 aliphatic heterocycles. The minimum Gasteiger partial charge on any atom is -0.325 e. The van der Waals surface area contributed by atoms with Gasteiger partial charge in [0, 0.05) is 6.54 Å². The molecule has 3 amide bonds. The maximum Gasteiger partial charge on any atom is 0.264 e. The number of hydrogen-bond acceptors (Lipinski definition) is 4. The molecule has 1 fully saturated rings. The van der Waals surface area contributed by atoms with Crippen molar-refractivity contribution in [3.05, 3.63) is 64.1 Å². The van der Waals surface area contributed by atoms with Gasteiger partial charge in [-0.15, -0.1) is 11.3 Å². The van der Waals surface area contributed by atoms with Crippen LogP contribution in [0.3, 0.4) is 0 Å². The van der Waals surface area contributed by atoms with E-state index in [1.165, 1.54) is 47.6 Å². The standard InChI is InChI=1S/C23H23FN2O3S/c24-17-8-10-18(11-9-17)26-21(27)15-19(22(26)28)25(23(29)20-7-4-14-30-20)13-12-16-5-2-1-3-6-16/h4-5,7-11,14,19H,1-3,6,12-13,15H2. The van der Waals surface area contributed by atoms with Crippen molar-refractivity contribution in [3.8, 4) is 0 Å². The normalized spacial score (nSPS) is 19.2. The summed E-state index contributed by atoms with van der Waals surface area (Å²) in [6.45, 7) is 0.392. The summed E-state index contributed by atoms with van der Waals surface area (Å²) >= 11 is 1.32. The summed E-state index contributed by atoms with van der Waals surface area (Å²) in [6.07, 6.45) is 7.25. The molecule has 0 radical (unpaired) electrons. The molecule has 4 rings (SSSR count).